The van der Waals surface area contributed by atoms with Crippen LogP contribution in [0.1, 0.15) is 6.42 Å². The lowest BCUT2D eigenvalue weighted by Gasteiger charge is -2.07. The maximum absolute atomic E-state index is 12.9. The zero-order chi connectivity index (χ0) is 15.4. The van der Waals surface area contributed by atoms with Crippen LogP contribution in [-0.2, 0) is 11.3 Å². The van der Waals surface area contributed by atoms with Gasteiger partial charge in [-0.15, -0.1) is 0 Å². The van der Waals surface area contributed by atoms with E-state index in [2.05, 4.69) is 11.3 Å². The fourth-order valence-corrected chi connectivity index (χ4v) is 2.22. The number of methoxy groups -OCH3 is 1. The van der Waals surface area contributed by atoms with Crippen molar-refractivity contribution in [1.29, 1.82) is 0 Å². The first-order valence-electron chi connectivity index (χ1n) is 7.06. The van der Waals surface area contributed by atoms with Gasteiger partial charge in [0.25, 0.3) is 0 Å². The minimum Gasteiger partial charge on any atom is -0.457 e. The smallest absolute Gasteiger partial charge is 0.177 e. The minimum absolute atomic E-state index is 0.284. The highest BCUT2D eigenvalue weighted by atomic mass is 19.1. The molecule has 3 rings (SSSR count). The van der Waals surface area contributed by atoms with E-state index in [1.165, 1.54) is 12.1 Å². The van der Waals surface area contributed by atoms with Crippen molar-refractivity contribution in [2.24, 2.45) is 0 Å². The third kappa shape index (κ3) is 3.26. The van der Waals surface area contributed by atoms with Crippen LogP contribution in [0.4, 0.5) is 4.39 Å². The lowest BCUT2D eigenvalue weighted by molar-refractivity contribution is 0.190. The number of halogens is 1. The van der Waals surface area contributed by atoms with Crippen molar-refractivity contribution in [3.63, 3.8) is 0 Å². The largest absolute Gasteiger partial charge is 0.457 e. The van der Waals surface area contributed by atoms with Crippen molar-refractivity contribution in [1.82, 2.24) is 9.55 Å². The van der Waals surface area contributed by atoms with E-state index in [9.17, 15) is 4.39 Å². The van der Waals surface area contributed by atoms with Crippen LogP contribution >= 0.6 is 0 Å². The maximum Gasteiger partial charge on any atom is 0.177 e. The van der Waals surface area contributed by atoms with Gasteiger partial charge in [0.05, 0.1) is 11.0 Å². The molecule has 22 heavy (non-hydrogen) atoms. The van der Waals surface area contributed by atoms with E-state index in [1.54, 1.807) is 19.2 Å². The van der Waals surface area contributed by atoms with Gasteiger partial charge in [-0.3, -0.25) is 0 Å². The van der Waals surface area contributed by atoms with Gasteiger partial charge in [0.15, 0.2) is 6.33 Å². The summed E-state index contributed by atoms with van der Waals surface area (Å²) < 4.78 is 25.7. The average Bonchev–Trinajstić information content (AvgIpc) is 2.93. The van der Waals surface area contributed by atoms with E-state index in [1.807, 2.05) is 22.8 Å². The normalized spacial score (nSPS) is 11.0. The number of aryl methyl sites for hydroxylation is 1. The summed E-state index contributed by atoms with van der Waals surface area (Å²) in [7, 11) is 1.68. The molecule has 0 saturated heterocycles. The van der Waals surface area contributed by atoms with Gasteiger partial charge < -0.3 is 14.0 Å². The number of fused-ring (bicyclic) bond motifs is 1. The van der Waals surface area contributed by atoms with Crippen molar-refractivity contribution < 1.29 is 13.9 Å². The Balaban J connectivity index is 1.81. The number of ether oxygens (including phenoxy) is 2. The molecule has 1 radical (unpaired) electrons. The fraction of sp³-hybridized carbons (Fsp3) is 0.235. The van der Waals surface area contributed by atoms with E-state index in [-0.39, 0.29) is 5.82 Å². The fourth-order valence-electron chi connectivity index (χ4n) is 2.22. The second kappa shape index (κ2) is 6.58. The Morgan fingerprint density at radius 2 is 1.91 bits per heavy atom. The Labute approximate surface area is 128 Å². The Kier molecular flexibility index (Phi) is 4.34. The molecule has 0 fully saturated rings. The summed E-state index contributed by atoms with van der Waals surface area (Å²) in [6.07, 6.45) is 3.87. The predicted octanol–water partition coefficient (Wildman–Crippen LogP) is 3.80. The molecule has 0 spiro atoms. The van der Waals surface area contributed by atoms with E-state index in [0.29, 0.717) is 18.1 Å². The SMILES string of the molecule is COCCCn1[c]nc2ccc(Oc3ccc(F)cc3)cc21. The van der Waals surface area contributed by atoms with E-state index in [0.717, 1.165) is 24.0 Å². The van der Waals surface area contributed by atoms with Crippen LogP contribution < -0.4 is 4.74 Å². The molecular formula is C17H16FN2O2. The summed E-state index contributed by atoms with van der Waals surface area (Å²) in [5.74, 6) is 0.991. The summed E-state index contributed by atoms with van der Waals surface area (Å²) in [5.41, 5.74) is 1.82. The molecule has 1 aromatic heterocycles. The molecule has 0 saturated carbocycles. The molecule has 1 heterocycles. The molecule has 0 aliphatic rings. The van der Waals surface area contributed by atoms with Crippen molar-refractivity contribution in [2.75, 3.05) is 13.7 Å². The number of rotatable bonds is 6. The first-order chi connectivity index (χ1) is 10.8. The highest BCUT2D eigenvalue weighted by Crippen LogP contribution is 2.25. The van der Waals surface area contributed by atoms with Gasteiger partial charge in [-0.2, -0.15) is 0 Å². The van der Waals surface area contributed by atoms with Crippen LogP contribution in [0.3, 0.4) is 0 Å². The molecule has 5 heteroatoms. The van der Waals surface area contributed by atoms with Gasteiger partial charge in [-0.25, -0.2) is 9.37 Å². The van der Waals surface area contributed by atoms with Gasteiger partial charge in [0, 0.05) is 26.3 Å². The molecule has 0 atom stereocenters. The molecule has 4 nitrogen and oxygen atoms in total. The third-order valence-corrected chi connectivity index (χ3v) is 3.31. The van der Waals surface area contributed by atoms with Crippen LogP contribution in [0, 0.1) is 12.1 Å². The van der Waals surface area contributed by atoms with Gasteiger partial charge >= 0.3 is 0 Å². The number of aromatic nitrogens is 2. The Hall–Kier alpha value is -2.40. The first kappa shape index (κ1) is 14.5. The molecule has 0 aliphatic carbocycles. The Bertz CT molecular complexity index is 753. The Morgan fingerprint density at radius 3 is 2.68 bits per heavy atom. The summed E-state index contributed by atoms with van der Waals surface area (Å²) >= 11 is 0. The number of nitrogens with zero attached hydrogens (tertiary/aromatic N) is 2. The van der Waals surface area contributed by atoms with Crippen molar-refractivity contribution >= 4 is 11.0 Å². The standard InChI is InChI=1S/C17H16FN2O2/c1-21-10-2-9-20-12-19-16-8-7-15(11-17(16)20)22-14-5-3-13(18)4-6-14/h3-8,11H,2,9-10H2,1H3. The van der Waals surface area contributed by atoms with Crippen LogP contribution in [0.25, 0.3) is 11.0 Å². The minimum atomic E-state index is -0.284. The van der Waals surface area contributed by atoms with Gasteiger partial charge in [-0.1, -0.05) is 0 Å². The molecule has 0 amide bonds. The van der Waals surface area contributed by atoms with E-state index >= 15 is 0 Å². The van der Waals surface area contributed by atoms with Crippen LogP contribution in [0.5, 0.6) is 11.5 Å². The lowest BCUT2D eigenvalue weighted by atomic mass is 10.3. The zero-order valence-corrected chi connectivity index (χ0v) is 12.3. The average molecular weight is 299 g/mol. The third-order valence-electron chi connectivity index (χ3n) is 3.31. The molecular weight excluding hydrogens is 283 g/mol. The quantitative estimate of drug-likeness (QED) is 0.649. The number of benzene rings is 2. The number of imidazole rings is 1. The Morgan fingerprint density at radius 1 is 1.14 bits per heavy atom. The van der Waals surface area contributed by atoms with Crippen molar-refractivity contribution in [3.8, 4) is 11.5 Å². The van der Waals surface area contributed by atoms with Gasteiger partial charge in [0.2, 0.25) is 0 Å². The highest BCUT2D eigenvalue weighted by molar-refractivity contribution is 5.77. The topological polar surface area (TPSA) is 36.3 Å². The van der Waals surface area contributed by atoms with Crippen molar-refractivity contribution in [2.45, 2.75) is 13.0 Å². The van der Waals surface area contributed by atoms with Crippen LogP contribution in [0.2, 0.25) is 0 Å². The molecule has 0 bridgehead atoms. The monoisotopic (exact) mass is 299 g/mol. The molecule has 3 aromatic rings. The van der Waals surface area contributed by atoms with E-state index < -0.39 is 0 Å². The predicted molar refractivity (Wildman–Crippen MR) is 81.5 cm³/mol. The zero-order valence-electron chi connectivity index (χ0n) is 12.3. The molecule has 113 valence electrons. The molecule has 0 unspecified atom stereocenters. The number of hydrogen-bond donors (Lipinski definition) is 0. The summed E-state index contributed by atoms with van der Waals surface area (Å²) in [6.45, 7) is 1.48. The van der Waals surface area contributed by atoms with Gasteiger partial charge in [0.1, 0.15) is 17.3 Å². The van der Waals surface area contributed by atoms with Crippen LogP contribution in [0.15, 0.2) is 42.5 Å². The second-order valence-corrected chi connectivity index (χ2v) is 4.92. The molecule has 2 aromatic carbocycles. The summed E-state index contributed by atoms with van der Waals surface area (Å²) in [4.78, 5) is 4.25. The second-order valence-electron chi connectivity index (χ2n) is 4.92. The summed E-state index contributed by atoms with van der Waals surface area (Å²) in [5, 5.41) is 0. The first-order valence-corrected chi connectivity index (χ1v) is 7.06. The van der Waals surface area contributed by atoms with E-state index in [4.69, 9.17) is 9.47 Å². The van der Waals surface area contributed by atoms with Gasteiger partial charge in [-0.05, 0) is 42.8 Å². The van der Waals surface area contributed by atoms with Crippen LogP contribution in [-0.4, -0.2) is 23.3 Å². The molecule has 0 aliphatic heterocycles. The maximum atomic E-state index is 12.9. The number of hydrogen-bond acceptors (Lipinski definition) is 3. The molecule has 0 N–H and O–H groups in total. The van der Waals surface area contributed by atoms with Crippen molar-refractivity contribution in [3.05, 3.63) is 54.6 Å². The summed E-state index contributed by atoms with van der Waals surface area (Å²) in [6, 6.07) is 11.6. The highest BCUT2D eigenvalue weighted by Gasteiger charge is 2.06. The lowest BCUT2D eigenvalue weighted by Crippen LogP contribution is -2.00.